The number of ether oxygens (including phenoxy) is 1. The number of carbonyl (C=O) groups is 1. The molecule has 2 nitrogen and oxygen atoms in total. The molecule has 23 heavy (non-hydrogen) atoms. The van der Waals surface area contributed by atoms with E-state index in [1.165, 1.54) is 64.2 Å². The minimum absolute atomic E-state index is 0.140. The topological polar surface area (TPSA) is 26.3 Å². The molecule has 2 saturated carbocycles. The van der Waals surface area contributed by atoms with Crippen molar-refractivity contribution in [3.8, 4) is 0 Å². The Morgan fingerprint density at radius 1 is 0.957 bits per heavy atom. The van der Waals surface area contributed by atoms with Crippen LogP contribution in [0.25, 0.3) is 0 Å². The van der Waals surface area contributed by atoms with Crippen LogP contribution in [0.15, 0.2) is 12.2 Å². The summed E-state index contributed by atoms with van der Waals surface area (Å²) >= 11 is 0. The number of unbranched alkanes of at least 4 members (excludes halogenated alkanes) is 2. The van der Waals surface area contributed by atoms with Gasteiger partial charge in [0.2, 0.25) is 0 Å². The molecule has 0 radical (unpaired) electrons. The summed E-state index contributed by atoms with van der Waals surface area (Å²) in [5.41, 5.74) is 0.522. The molecular weight excluding hydrogens is 284 g/mol. The van der Waals surface area contributed by atoms with Crippen molar-refractivity contribution >= 4 is 5.97 Å². The van der Waals surface area contributed by atoms with Crippen molar-refractivity contribution in [1.82, 2.24) is 0 Å². The van der Waals surface area contributed by atoms with Crippen LogP contribution >= 0.6 is 0 Å². The molecule has 2 fully saturated rings. The minimum Gasteiger partial charge on any atom is -0.459 e. The lowest BCUT2D eigenvalue weighted by Crippen LogP contribution is -2.29. The summed E-state index contributed by atoms with van der Waals surface area (Å²) in [4.78, 5) is 11.6. The van der Waals surface area contributed by atoms with E-state index < -0.39 is 0 Å². The SMILES string of the molecule is C=C(C)C(=O)OC1CCC(C2CCC(CCCCC)CC2)CC1. The van der Waals surface area contributed by atoms with Gasteiger partial charge in [0, 0.05) is 5.57 Å². The third-order valence-electron chi connectivity index (χ3n) is 6.12. The molecule has 0 aromatic rings. The third kappa shape index (κ3) is 5.97. The summed E-state index contributed by atoms with van der Waals surface area (Å²) in [7, 11) is 0. The lowest BCUT2D eigenvalue weighted by atomic mass is 9.70. The Balaban J connectivity index is 1.64. The molecule has 0 aliphatic heterocycles. The Hall–Kier alpha value is -0.790. The predicted octanol–water partition coefficient (Wildman–Crippen LogP) is 6.05. The van der Waals surface area contributed by atoms with Gasteiger partial charge in [0.15, 0.2) is 0 Å². The van der Waals surface area contributed by atoms with Crippen LogP contribution in [0.3, 0.4) is 0 Å². The Morgan fingerprint density at radius 2 is 1.52 bits per heavy atom. The lowest BCUT2D eigenvalue weighted by molar-refractivity contribution is -0.146. The first-order valence-corrected chi connectivity index (χ1v) is 9.96. The van der Waals surface area contributed by atoms with Crippen LogP contribution in [0.2, 0.25) is 0 Å². The number of carbonyl (C=O) groups excluding carboxylic acids is 1. The van der Waals surface area contributed by atoms with Gasteiger partial charge in [-0.05, 0) is 63.2 Å². The second-order valence-corrected chi connectivity index (χ2v) is 8.00. The quantitative estimate of drug-likeness (QED) is 0.324. The molecule has 0 atom stereocenters. The fourth-order valence-corrected chi connectivity index (χ4v) is 4.56. The fourth-order valence-electron chi connectivity index (χ4n) is 4.56. The average Bonchev–Trinajstić information content (AvgIpc) is 2.56. The molecule has 0 heterocycles. The molecule has 0 amide bonds. The maximum Gasteiger partial charge on any atom is 0.333 e. The van der Waals surface area contributed by atoms with Crippen molar-refractivity contribution in [3.05, 3.63) is 12.2 Å². The molecule has 0 aromatic carbocycles. The molecule has 0 spiro atoms. The van der Waals surface area contributed by atoms with Gasteiger partial charge in [0.05, 0.1) is 0 Å². The first-order valence-electron chi connectivity index (χ1n) is 9.96. The normalized spacial score (nSPS) is 31.6. The van der Waals surface area contributed by atoms with E-state index in [1.54, 1.807) is 6.92 Å². The largest absolute Gasteiger partial charge is 0.459 e. The van der Waals surface area contributed by atoms with E-state index in [9.17, 15) is 4.79 Å². The summed E-state index contributed by atoms with van der Waals surface area (Å²) in [6.07, 6.45) is 16.2. The summed E-state index contributed by atoms with van der Waals surface area (Å²) in [5, 5.41) is 0. The van der Waals surface area contributed by atoms with Crippen LogP contribution < -0.4 is 0 Å². The van der Waals surface area contributed by atoms with Crippen molar-refractivity contribution in [2.45, 2.75) is 97.0 Å². The molecule has 2 rings (SSSR count). The van der Waals surface area contributed by atoms with Crippen molar-refractivity contribution in [2.75, 3.05) is 0 Å². The van der Waals surface area contributed by atoms with Gasteiger partial charge in [-0.2, -0.15) is 0 Å². The standard InChI is InChI=1S/C21H36O2/c1-4-5-6-7-17-8-10-18(11-9-17)19-12-14-20(15-13-19)23-21(22)16(2)3/h17-20H,2,4-15H2,1,3H3. The zero-order chi connectivity index (χ0) is 16.7. The molecule has 0 unspecified atom stereocenters. The Labute approximate surface area is 143 Å². The van der Waals surface area contributed by atoms with E-state index in [0.29, 0.717) is 5.57 Å². The molecule has 0 N–H and O–H groups in total. The average molecular weight is 321 g/mol. The van der Waals surface area contributed by atoms with Gasteiger partial charge in [0.1, 0.15) is 6.10 Å². The second-order valence-electron chi connectivity index (χ2n) is 8.00. The minimum atomic E-state index is -0.207. The second kappa shape index (κ2) is 9.49. The maximum absolute atomic E-state index is 11.6. The van der Waals surface area contributed by atoms with Crippen LogP contribution in [0.5, 0.6) is 0 Å². The highest BCUT2D eigenvalue weighted by Gasteiger charge is 2.31. The number of hydrogen-bond donors (Lipinski definition) is 0. The van der Waals surface area contributed by atoms with Gasteiger partial charge in [-0.3, -0.25) is 0 Å². The zero-order valence-electron chi connectivity index (χ0n) is 15.3. The van der Waals surface area contributed by atoms with Crippen LogP contribution in [-0.4, -0.2) is 12.1 Å². The van der Waals surface area contributed by atoms with Gasteiger partial charge in [-0.1, -0.05) is 52.0 Å². The molecular formula is C21H36O2. The number of hydrogen-bond acceptors (Lipinski definition) is 2. The first kappa shape index (κ1) is 18.5. The predicted molar refractivity (Wildman–Crippen MR) is 96.2 cm³/mol. The highest BCUT2D eigenvalue weighted by atomic mass is 16.5. The van der Waals surface area contributed by atoms with E-state index in [1.807, 2.05) is 0 Å². The van der Waals surface area contributed by atoms with Crippen molar-refractivity contribution < 1.29 is 9.53 Å². The Morgan fingerprint density at radius 3 is 2.04 bits per heavy atom. The van der Waals surface area contributed by atoms with Crippen molar-refractivity contribution in [1.29, 1.82) is 0 Å². The van der Waals surface area contributed by atoms with E-state index >= 15 is 0 Å². The van der Waals surface area contributed by atoms with Crippen LogP contribution in [0.1, 0.15) is 90.9 Å². The molecule has 2 aliphatic carbocycles. The van der Waals surface area contributed by atoms with Gasteiger partial charge in [-0.25, -0.2) is 4.79 Å². The van der Waals surface area contributed by atoms with E-state index in [2.05, 4.69) is 13.5 Å². The molecule has 0 saturated heterocycles. The van der Waals surface area contributed by atoms with Crippen molar-refractivity contribution in [3.63, 3.8) is 0 Å². The summed E-state index contributed by atoms with van der Waals surface area (Å²) in [6, 6.07) is 0. The molecule has 2 heteroatoms. The smallest absolute Gasteiger partial charge is 0.333 e. The Kier molecular flexibility index (Phi) is 7.65. The van der Waals surface area contributed by atoms with Gasteiger partial charge in [-0.15, -0.1) is 0 Å². The molecule has 0 aromatic heterocycles. The third-order valence-corrected chi connectivity index (χ3v) is 6.12. The van der Waals surface area contributed by atoms with E-state index in [0.717, 1.165) is 30.6 Å². The lowest BCUT2D eigenvalue weighted by Gasteiger charge is -2.37. The number of esters is 1. The first-order chi connectivity index (χ1) is 11.1. The highest BCUT2D eigenvalue weighted by Crippen LogP contribution is 2.41. The zero-order valence-corrected chi connectivity index (χ0v) is 15.3. The monoisotopic (exact) mass is 320 g/mol. The number of rotatable bonds is 7. The maximum atomic E-state index is 11.6. The molecule has 2 aliphatic rings. The van der Waals surface area contributed by atoms with Gasteiger partial charge >= 0.3 is 5.97 Å². The summed E-state index contributed by atoms with van der Waals surface area (Å²) < 4.78 is 5.52. The van der Waals surface area contributed by atoms with Gasteiger partial charge < -0.3 is 4.74 Å². The van der Waals surface area contributed by atoms with Crippen LogP contribution in [0.4, 0.5) is 0 Å². The van der Waals surface area contributed by atoms with Crippen molar-refractivity contribution in [2.24, 2.45) is 17.8 Å². The highest BCUT2D eigenvalue weighted by molar-refractivity contribution is 5.87. The summed E-state index contributed by atoms with van der Waals surface area (Å²) in [5.74, 6) is 2.62. The van der Waals surface area contributed by atoms with E-state index in [-0.39, 0.29) is 12.1 Å². The van der Waals surface area contributed by atoms with Gasteiger partial charge in [0.25, 0.3) is 0 Å². The fraction of sp³-hybridized carbons (Fsp3) is 0.857. The van der Waals surface area contributed by atoms with E-state index in [4.69, 9.17) is 4.74 Å². The Bertz CT molecular complexity index is 371. The van der Waals surface area contributed by atoms with Crippen LogP contribution in [0, 0.1) is 17.8 Å². The molecule has 132 valence electrons. The summed E-state index contributed by atoms with van der Waals surface area (Å²) in [6.45, 7) is 7.69. The molecule has 0 bridgehead atoms. The van der Waals surface area contributed by atoms with Crippen LogP contribution in [-0.2, 0) is 9.53 Å².